The van der Waals surface area contributed by atoms with Crippen LogP contribution in [0.25, 0.3) is 0 Å². The molecule has 1 amide bonds. The third kappa shape index (κ3) is 2.19. The summed E-state index contributed by atoms with van der Waals surface area (Å²) in [5.74, 6) is 5.19. The van der Waals surface area contributed by atoms with Crippen molar-refractivity contribution in [2.45, 2.75) is 77.7 Å². The second-order valence-electron chi connectivity index (χ2n) is 10.8. The summed E-state index contributed by atoms with van der Waals surface area (Å²) in [7, 11) is 0. The molecule has 0 aromatic carbocycles. The van der Waals surface area contributed by atoms with Crippen LogP contribution < -0.4 is 0 Å². The first-order valence-electron chi connectivity index (χ1n) is 10.9. The second kappa shape index (κ2) is 5.39. The van der Waals surface area contributed by atoms with Crippen molar-refractivity contribution >= 4 is 6.09 Å². The van der Waals surface area contributed by atoms with Gasteiger partial charge < -0.3 is 9.64 Å². The minimum Gasteiger partial charge on any atom is -0.442 e. The van der Waals surface area contributed by atoms with Gasteiger partial charge in [-0.1, -0.05) is 20.8 Å². The second-order valence-corrected chi connectivity index (χ2v) is 10.8. The number of fused-ring (bicyclic) bond motifs is 9. The van der Waals surface area contributed by atoms with Crippen LogP contribution in [0, 0.1) is 40.9 Å². The highest BCUT2D eigenvalue weighted by Gasteiger charge is 2.71. The Morgan fingerprint density at radius 1 is 0.960 bits per heavy atom. The Labute approximate surface area is 152 Å². The van der Waals surface area contributed by atoms with E-state index in [1.807, 2.05) is 4.90 Å². The fourth-order valence-electron chi connectivity index (χ4n) is 8.01. The molecule has 0 aromatic heterocycles. The number of piperidine rings is 1. The Morgan fingerprint density at radius 3 is 2.32 bits per heavy atom. The predicted molar refractivity (Wildman–Crippen MR) is 98.1 cm³/mol. The average molecular weight is 346 g/mol. The van der Waals surface area contributed by atoms with Crippen molar-refractivity contribution in [2.75, 3.05) is 13.1 Å². The standard InChI is InChI=1S/C22H35NO2/c1-21(2,3)22(25-20(24)23-9-5-4-6-10-23)13-16-12-17(22)19-15-8-7-14(11-15)18(16)19/h14-19H,4-13H2,1-3H3. The van der Waals surface area contributed by atoms with E-state index in [2.05, 4.69) is 20.8 Å². The number of ether oxygens (including phenoxy) is 1. The number of hydrogen-bond acceptors (Lipinski definition) is 2. The Kier molecular flexibility index (Phi) is 3.55. The van der Waals surface area contributed by atoms with Crippen molar-refractivity contribution in [3.63, 3.8) is 0 Å². The molecule has 0 spiro atoms. The van der Waals surface area contributed by atoms with Gasteiger partial charge >= 0.3 is 6.09 Å². The van der Waals surface area contributed by atoms with Gasteiger partial charge in [-0.05, 0) is 81.0 Å². The summed E-state index contributed by atoms with van der Waals surface area (Å²) < 4.78 is 6.54. The van der Waals surface area contributed by atoms with Crippen LogP contribution in [-0.4, -0.2) is 29.7 Å². The lowest BCUT2D eigenvalue weighted by molar-refractivity contribution is -0.143. The molecule has 5 fully saturated rings. The molecule has 0 radical (unpaired) electrons. The Hall–Kier alpha value is -0.730. The van der Waals surface area contributed by atoms with Gasteiger partial charge in [0.1, 0.15) is 5.60 Å². The normalized spacial score (nSPS) is 48.0. The molecule has 7 unspecified atom stereocenters. The molecule has 4 bridgehead atoms. The van der Waals surface area contributed by atoms with Crippen molar-refractivity contribution in [3.05, 3.63) is 0 Å². The van der Waals surface area contributed by atoms with Crippen molar-refractivity contribution in [3.8, 4) is 0 Å². The van der Waals surface area contributed by atoms with Crippen molar-refractivity contribution in [1.82, 2.24) is 4.90 Å². The van der Waals surface area contributed by atoms with Crippen LogP contribution in [-0.2, 0) is 4.74 Å². The first kappa shape index (κ1) is 16.4. The molecule has 0 aromatic rings. The number of carbonyl (C=O) groups is 1. The molecule has 1 aliphatic heterocycles. The fraction of sp³-hybridized carbons (Fsp3) is 0.955. The molecule has 3 heteroatoms. The van der Waals surface area contributed by atoms with E-state index in [0.29, 0.717) is 5.92 Å². The first-order valence-corrected chi connectivity index (χ1v) is 10.9. The Morgan fingerprint density at radius 2 is 1.64 bits per heavy atom. The number of nitrogens with zero attached hydrogens (tertiary/aromatic N) is 1. The zero-order valence-electron chi connectivity index (χ0n) is 16.3. The van der Waals surface area contributed by atoms with E-state index in [-0.39, 0.29) is 17.1 Å². The summed E-state index contributed by atoms with van der Waals surface area (Å²) in [5.41, 5.74) is -0.192. The minimum atomic E-state index is -0.224. The third-order valence-electron chi connectivity index (χ3n) is 8.93. The predicted octanol–water partition coefficient (Wildman–Crippen LogP) is 5.10. The number of carbonyl (C=O) groups excluding carboxylic acids is 1. The smallest absolute Gasteiger partial charge is 0.410 e. The lowest BCUT2D eigenvalue weighted by Gasteiger charge is -2.52. The van der Waals surface area contributed by atoms with Gasteiger partial charge in [-0.15, -0.1) is 0 Å². The van der Waals surface area contributed by atoms with Gasteiger partial charge in [0, 0.05) is 24.4 Å². The lowest BCUT2D eigenvalue weighted by atomic mass is 9.59. The zero-order chi connectivity index (χ0) is 17.4. The average Bonchev–Trinajstić information content (AvgIpc) is 3.33. The number of likely N-dealkylation sites (tertiary alicyclic amines) is 1. The number of amides is 1. The highest BCUT2D eigenvalue weighted by Crippen LogP contribution is 2.72. The Balaban J connectivity index is 1.43. The molecule has 1 saturated heterocycles. The minimum absolute atomic E-state index is 0.0121. The highest BCUT2D eigenvalue weighted by atomic mass is 16.6. The van der Waals surface area contributed by atoms with Crippen LogP contribution in [0.15, 0.2) is 0 Å². The van der Waals surface area contributed by atoms with Crippen LogP contribution in [0.2, 0.25) is 0 Å². The van der Waals surface area contributed by atoms with E-state index in [0.717, 1.165) is 61.9 Å². The molecule has 140 valence electrons. The van der Waals surface area contributed by atoms with Gasteiger partial charge in [0.15, 0.2) is 0 Å². The molecule has 25 heavy (non-hydrogen) atoms. The van der Waals surface area contributed by atoms with Crippen molar-refractivity contribution in [2.24, 2.45) is 40.9 Å². The maximum Gasteiger partial charge on any atom is 0.410 e. The summed E-state index contributed by atoms with van der Waals surface area (Å²) in [6.45, 7) is 8.74. The molecule has 3 nitrogen and oxygen atoms in total. The van der Waals surface area contributed by atoms with Crippen LogP contribution in [0.4, 0.5) is 4.79 Å². The van der Waals surface area contributed by atoms with Gasteiger partial charge in [0.25, 0.3) is 0 Å². The first-order chi connectivity index (χ1) is 11.9. The van der Waals surface area contributed by atoms with Crippen molar-refractivity contribution in [1.29, 1.82) is 0 Å². The summed E-state index contributed by atoms with van der Waals surface area (Å²) in [4.78, 5) is 15.0. The van der Waals surface area contributed by atoms with Crippen LogP contribution in [0.5, 0.6) is 0 Å². The molecule has 4 saturated carbocycles. The maximum atomic E-state index is 13.0. The quantitative estimate of drug-likeness (QED) is 0.619. The van der Waals surface area contributed by atoms with Crippen LogP contribution >= 0.6 is 0 Å². The van der Waals surface area contributed by atoms with E-state index in [9.17, 15) is 4.79 Å². The summed E-state index contributed by atoms with van der Waals surface area (Å²) in [6, 6.07) is 0. The summed E-state index contributed by atoms with van der Waals surface area (Å²) >= 11 is 0. The monoisotopic (exact) mass is 345 g/mol. The molecule has 0 N–H and O–H groups in total. The van der Waals surface area contributed by atoms with Gasteiger partial charge in [-0.2, -0.15) is 0 Å². The largest absolute Gasteiger partial charge is 0.442 e. The zero-order valence-corrected chi connectivity index (χ0v) is 16.3. The Bertz CT molecular complexity index is 561. The lowest BCUT2D eigenvalue weighted by Crippen LogP contribution is -2.57. The van der Waals surface area contributed by atoms with Gasteiger partial charge in [-0.25, -0.2) is 4.79 Å². The topological polar surface area (TPSA) is 29.5 Å². The van der Waals surface area contributed by atoms with Crippen LogP contribution in [0.1, 0.15) is 72.1 Å². The van der Waals surface area contributed by atoms with E-state index >= 15 is 0 Å². The van der Waals surface area contributed by atoms with E-state index in [4.69, 9.17) is 4.74 Å². The maximum absolute atomic E-state index is 13.0. The molecule has 5 rings (SSSR count). The SMILES string of the molecule is CC(C)(C)C1(OC(=O)N2CCCCC2)CC2CC1C1C3CCC(C3)C21. The molecule has 5 aliphatic rings. The number of rotatable bonds is 1. The summed E-state index contributed by atoms with van der Waals surface area (Å²) in [6.07, 6.45) is 10.4. The van der Waals surface area contributed by atoms with Crippen LogP contribution in [0.3, 0.4) is 0 Å². The third-order valence-corrected chi connectivity index (χ3v) is 8.93. The number of hydrogen-bond donors (Lipinski definition) is 0. The molecule has 7 atom stereocenters. The summed E-state index contributed by atoms with van der Waals surface area (Å²) in [5, 5.41) is 0. The van der Waals surface area contributed by atoms with Crippen molar-refractivity contribution < 1.29 is 9.53 Å². The fourth-order valence-corrected chi connectivity index (χ4v) is 8.01. The van der Waals surface area contributed by atoms with E-state index < -0.39 is 0 Å². The van der Waals surface area contributed by atoms with Gasteiger partial charge in [-0.3, -0.25) is 0 Å². The van der Waals surface area contributed by atoms with Gasteiger partial charge in [0.05, 0.1) is 0 Å². The molecule has 1 heterocycles. The molecular formula is C22H35NO2. The van der Waals surface area contributed by atoms with E-state index in [1.165, 1.54) is 32.1 Å². The van der Waals surface area contributed by atoms with E-state index in [1.54, 1.807) is 0 Å². The molecular weight excluding hydrogens is 310 g/mol. The molecule has 4 aliphatic carbocycles. The highest BCUT2D eigenvalue weighted by molar-refractivity contribution is 5.68. The van der Waals surface area contributed by atoms with Gasteiger partial charge in [0.2, 0.25) is 0 Å².